The summed E-state index contributed by atoms with van der Waals surface area (Å²) >= 11 is 5.91. The van der Waals surface area contributed by atoms with Crippen molar-refractivity contribution in [1.29, 1.82) is 0 Å². The highest BCUT2D eigenvalue weighted by atomic mass is 35.5. The number of nitrogens with zero attached hydrogens (tertiary/aromatic N) is 1. The van der Waals surface area contributed by atoms with Gasteiger partial charge in [-0.3, -0.25) is 4.79 Å². The van der Waals surface area contributed by atoms with Gasteiger partial charge in [0, 0.05) is 10.9 Å². The summed E-state index contributed by atoms with van der Waals surface area (Å²) in [5.41, 5.74) is 4.75. The molecule has 1 amide bonds. The summed E-state index contributed by atoms with van der Waals surface area (Å²) < 4.78 is 11.3. The van der Waals surface area contributed by atoms with Crippen LogP contribution in [0.1, 0.15) is 43.7 Å². The fourth-order valence-electron chi connectivity index (χ4n) is 4.72. The minimum Gasteiger partial charge on any atom is -0.493 e. The SMILES string of the molecule is COc1cc(/C=N\NC(=O)[C@H]2[C@H]3CCCC[C@]32C)ccc1OCc1ccc(Cl)cc1. The molecule has 0 heterocycles. The van der Waals surface area contributed by atoms with Crippen LogP contribution in [0.2, 0.25) is 5.02 Å². The molecule has 2 saturated carbocycles. The zero-order valence-corrected chi connectivity index (χ0v) is 18.1. The highest BCUT2D eigenvalue weighted by Crippen LogP contribution is 2.66. The van der Waals surface area contributed by atoms with Crippen LogP contribution in [-0.4, -0.2) is 19.2 Å². The van der Waals surface area contributed by atoms with Gasteiger partial charge in [-0.1, -0.05) is 43.5 Å². The molecule has 0 unspecified atom stereocenters. The monoisotopic (exact) mass is 426 g/mol. The molecule has 2 aliphatic rings. The van der Waals surface area contributed by atoms with Gasteiger partial charge in [0.2, 0.25) is 5.91 Å². The van der Waals surface area contributed by atoms with Crippen molar-refractivity contribution in [2.75, 3.05) is 7.11 Å². The second kappa shape index (κ2) is 8.68. The standard InChI is InChI=1S/C24H27ClN2O3/c1-24-12-4-3-5-19(24)22(24)23(28)27-26-14-17-8-11-20(21(13-17)29-2)30-15-16-6-9-18(25)10-7-16/h6-11,13-14,19,22H,3-5,12,15H2,1-2H3,(H,27,28)/b26-14-/t19-,22-,24-/m1/s1. The summed E-state index contributed by atoms with van der Waals surface area (Å²) in [4.78, 5) is 12.5. The van der Waals surface area contributed by atoms with Crippen LogP contribution in [0.5, 0.6) is 11.5 Å². The lowest BCUT2D eigenvalue weighted by molar-refractivity contribution is -0.123. The van der Waals surface area contributed by atoms with Gasteiger partial charge >= 0.3 is 0 Å². The topological polar surface area (TPSA) is 59.9 Å². The van der Waals surface area contributed by atoms with Gasteiger partial charge < -0.3 is 9.47 Å². The smallest absolute Gasteiger partial charge is 0.244 e. The number of hydrogen-bond donors (Lipinski definition) is 1. The minimum absolute atomic E-state index is 0.0375. The summed E-state index contributed by atoms with van der Waals surface area (Å²) in [5, 5.41) is 4.86. The number of fused-ring (bicyclic) bond motifs is 1. The van der Waals surface area contributed by atoms with Gasteiger partial charge in [0.05, 0.1) is 13.3 Å². The van der Waals surface area contributed by atoms with E-state index in [4.69, 9.17) is 21.1 Å². The molecule has 4 rings (SSSR count). The zero-order valence-electron chi connectivity index (χ0n) is 17.4. The number of benzene rings is 2. The lowest BCUT2D eigenvalue weighted by Gasteiger charge is -2.15. The van der Waals surface area contributed by atoms with Crippen LogP contribution < -0.4 is 14.9 Å². The fraction of sp³-hybridized carbons (Fsp3) is 0.417. The average Bonchev–Trinajstić information content (AvgIpc) is 3.39. The van der Waals surface area contributed by atoms with Crippen LogP contribution in [0.25, 0.3) is 0 Å². The number of amides is 1. The molecular formula is C24H27ClN2O3. The number of halogens is 1. The molecule has 0 spiro atoms. The molecule has 30 heavy (non-hydrogen) atoms. The summed E-state index contributed by atoms with van der Waals surface area (Å²) in [6.45, 7) is 2.65. The molecule has 6 heteroatoms. The van der Waals surface area contributed by atoms with E-state index in [-0.39, 0.29) is 17.2 Å². The Morgan fingerprint density at radius 2 is 2.03 bits per heavy atom. The van der Waals surface area contributed by atoms with Crippen LogP contribution in [0, 0.1) is 17.3 Å². The van der Waals surface area contributed by atoms with Gasteiger partial charge in [0.25, 0.3) is 0 Å². The van der Waals surface area contributed by atoms with Crippen molar-refractivity contribution in [3.05, 3.63) is 58.6 Å². The van der Waals surface area contributed by atoms with Crippen molar-refractivity contribution >= 4 is 23.7 Å². The molecule has 0 bridgehead atoms. The summed E-state index contributed by atoms with van der Waals surface area (Å²) in [6, 6.07) is 13.1. The van der Waals surface area contributed by atoms with Crippen LogP contribution in [0.4, 0.5) is 0 Å². The molecule has 2 aliphatic carbocycles. The first kappa shape index (κ1) is 20.7. The Balaban J connectivity index is 1.34. The number of methoxy groups -OCH3 is 1. The maximum Gasteiger partial charge on any atom is 0.244 e. The zero-order chi connectivity index (χ0) is 21.1. The van der Waals surface area contributed by atoms with Gasteiger partial charge in [-0.25, -0.2) is 5.43 Å². The van der Waals surface area contributed by atoms with Crippen molar-refractivity contribution in [2.45, 2.75) is 39.2 Å². The number of hydrazone groups is 1. The Kier molecular flexibility index (Phi) is 6.00. The lowest BCUT2D eigenvalue weighted by atomic mass is 9.90. The molecule has 0 saturated heterocycles. The quantitative estimate of drug-likeness (QED) is 0.488. The van der Waals surface area contributed by atoms with Crippen LogP contribution in [0.15, 0.2) is 47.6 Å². The van der Waals surface area contributed by atoms with Crippen molar-refractivity contribution in [1.82, 2.24) is 5.43 Å². The first-order valence-corrected chi connectivity index (χ1v) is 10.8. The number of rotatable bonds is 7. The molecule has 158 valence electrons. The Hall–Kier alpha value is -2.53. The van der Waals surface area contributed by atoms with Gasteiger partial charge in [-0.15, -0.1) is 0 Å². The van der Waals surface area contributed by atoms with Gasteiger partial charge in [0.15, 0.2) is 11.5 Å². The molecule has 2 aromatic rings. The van der Waals surface area contributed by atoms with Crippen molar-refractivity contribution in [2.24, 2.45) is 22.4 Å². The van der Waals surface area contributed by atoms with E-state index in [2.05, 4.69) is 17.5 Å². The van der Waals surface area contributed by atoms with Gasteiger partial charge in [0.1, 0.15) is 6.61 Å². The van der Waals surface area contributed by atoms with Gasteiger partial charge in [-0.2, -0.15) is 5.10 Å². The predicted molar refractivity (Wildman–Crippen MR) is 118 cm³/mol. The van der Waals surface area contributed by atoms with E-state index in [9.17, 15) is 4.79 Å². The third-order valence-electron chi connectivity index (χ3n) is 6.50. The maximum absolute atomic E-state index is 12.5. The number of carbonyl (C=O) groups excluding carboxylic acids is 1. The molecule has 3 atom stereocenters. The second-order valence-corrected chi connectivity index (χ2v) is 8.83. The third kappa shape index (κ3) is 4.31. The highest BCUT2D eigenvalue weighted by molar-refractivity contribution is 6.30. The molecule has 0 radical (unpaired) electrons. The second-order valence-electron chi connectivity index (χ2n) is 8.40. The van der Waals surface area contributed by atoms with E-state index in [1.807, 2.05) is 42.5 Å². The number of hydrogen-bond acceptors (Lipinski definition) is 4. The van der Waals surface area contributed by atoms with Crippen LogP contribution in [0.3, 0.4) is 0 Å². The van der Waals surface area contributed by atoms with E-state index >= 15 is 0 Å². The molecule has 2 fully saturated rings. The van der Waals surface area contributed by atoms with Crippen LogP contribution >= 0.6 is 11.6 Å². The first-order valence-electron chi connectivity index (χ1n) is 10.4. The third-order valence-corrected chi connectivity index (χ3v) is 6.75. The Labute approximate surface area is 182 Å². The molecule has 2 aromatic carbocycles. The van der Waals surface area contributed by atoms with E-state index in [1.54, 1.807) is 13.3 Å². The van der Waals surface area contributed by atoms with E-state index < -0.39 is 0 Å². The summed E-state index contributed by atoms with van der Waals surface area (Å²) in [6.07, 6.45) is 6.41. The maximum atomic E-state index is 12.5. The van der Waals surface area contributed by atoms with Crippen molar-refractivity contribution < 1.29 is 14.3 Å². The highest BCUT2D eigenvalue weighted by Gasteiger charge is 2.64. The molecule has 5 nitrogen and oxygen atoms in total. The number of nitrogens with one attached hydrogen (secondary N) is 1. The minimum atomic E-state index is 0.0375. The van der Waals surface area contributed by atoms with Crippen molar-refractivity contribution in [3.8, 4) is 11.5 Å². The fourth-order valence-corrected chi connectivity index (χ4v) is 4.84. The first-order chi connectivity index (χ1) is 14.5. The van der Waals surface area contributed by atoms with Crippen LogP contribution in [-0.2, 0) is 11.4 Å². The number of ether oxygens (including phenoxy) is 2. The largest absolute Gasteiger partial charge is 0.493 e. The van der Waals surface area contributed by atoms with E-state index in [1.165, 1.54) is 12.8 Å². The molecule has 0 aliphatic heterocycles. The average molecular weight is 427 g/mol. The molecular weight excluding hydrogens is 400 g/mol. The van der Waals surface area contributed by atoms with E-state index in [0.717, 1.165) is 24.0 Å². The normalized spacial score (nSPS) is 24.9. The Morgan fingerprint density at radius 1 is 1.23 bits per heavy atom. The molecule has 0 aromatic heterocycles. The number of carbonyl (C=O) groups is 1. The summed E-state index contributed by atoms with van der Waals surface area (Å²) in [7, 11) is 1.60. The lowest BCUT2D eigenvalue weighted by Crippen LogP contribution is -2.22. The predicted octanol–water partition coefficient (Wildman–Crippen LogP) is 5.20. The Bertz CT molecular complexity index is 944. The van der Waals surface area contributed by atoms with Gasteiger partial charge in [-0.05, 0) is 65.6 Å². The molecule has 1 N–H and O–H groups in total. The summed E-state index contributed by atoms with van der Waals surface area (Å²) in [5.74, 6) is 1.92. The Morgan fingerprint density at radius 3 is 2.73 bits per heavy atom. The van der Waals surface area contributed by atoms with Crippen molar-refractivity contribution in [3.63, 3.8) is 0 Å². The van der Waals surface area contributed by atoms with E-state index in [0.29, 0.717) is 29.0 Å².